The van der Waals surface area contributed by atoms with Crippen LogP contribution in [0.5, 0.6) is 5.75 Å². The Balaban J connectivity index is 1.57. The first kappa shape index (κ1) is 24.3. The van der Waals surface area contributed by atoms with E-state index in [2.05, 4.69) is 32.0 Å². The number of carbonyl (C=O) groups is 3. The van der Waals surface area contributed by atoms with Gasteiger partial charge in [0.25, 0.3) is 5.91 Å². The van der Waals surface area contributed by atoms with E-state index < -0.39 is 17.7 Å². The highest BCUT2D eigenvalue weighted by molar-refractivity contribution is 9.10. The van der Waals surface area contributed by atoms with Gasteiger partial charge in [-0.25, -0.2) is 4.68 Å². The summed E-state index contributed by atoms with van der Waals surface area (Å²) in [7, 11) is 0. The smallest absolute Gasteiger partial charge is 0.328 e. The Hall–Kier alpha value is -3.82. The lowest BCUT2D eigenvalue weighted by Gasteiger charge is -2.13. The lowest BCUT2D eigenvalue weighted by atomic mass is 10.2. The van der Waals surface area contributed by atoms with Gasteiger partial charge in [-0.1, -0.05) is 27.5 Å². The monoisotopic (exact) mass is 554 g/mol. The van der Waals surface area contributed by atoms with Crippen LogP contribution in [-0.4, -0.2) is 29.0 Å². The summed E-state index contributed by atoms with van der Waals surface area (Å²) in [6, 6.07) is 20.2. The Morgan fingerprint density at radius 3 is 2.23 bits per heavy atom. The second kappa shape index (κ2) is 10.6. The van der Waals surface area contributed by atoms with Crippen LogP contribution in [0.4, 0.5) is 11.4 Å². The van der Waals surface area contributed by atoms with Gasteiger partial charge in [0.15, 0.2) is 0 Å². The van der Waals surface area contributed by atoms with Gasteiger partial charge in [0.1, 0.15) is 11.4 Å². The molecule has 3 N–H and O–H groups in total. The zero-order valence-electron chi connectivity index (χ0n) is 18.5. The molecule has 3 amide bonds. The van der Waals surface area contributed by atoms with Gasteiger partial charge >= 0.3 is 11.8 Å². The van der Waals surface area contributed by atoms with Gasteiger partial charge in [-0.15, -0.1) is 0 Å². The van der Waals surface area contributed by atoms with Crippen LogP contribution in [0.3, 0.4) is 0 Å². The lowest BCUT2D eigenvalue weighted by molar-refractivity contribution is -0.133. The molecule has 0 aliphatic heterocycles. The third-order valence-corrected chi connectivity index (χ3v) is 5.70. The number of aromatic nitrogens is 1. The maximum Gasteiger partial charge on any atom is 0.328 e. The molecule has 0 saturated heterocycles. The normalized spacial score (nSPS) is 10.6. The number of nitrogens with one attached hydrogen (secondary N) is 3. The van der Waals surface area contributed by atoms with Crippen molar-refractivity contribution < 1.29 is 19.1 Å². The van der Waals surface area contributed by atoms with Crippen molar-refractivity contribution >= 4 is 67.5 Å². The number of rotatable bonds is 6. The lowest BCUT2D eigenvalue weighted by Crippen LogP contribution is -2.36. The maximum atomic E-state index is 13.1. The average Bonchev–Trinajstić information content (AvgIpc) is 3.19. The van der Waals surface area contributed by atoms with E-state index in [1.165, 1.54) is 4.68 Å². The van der Waals surface area contributed by atoms with Crippen molar-refractivity contribution in [2.24, 2.45) is 0 Å². The third kappa shape index (κ3) is 5.82. The van der Waals surface area contributed by atoms with E-state index in [0.29, 0.717) is 39.7 Å². The highest BCUT2D eigenvalue weighted by atomic mass is 79.9. The molecule has 1 aromatic heterocycles. The van der Waals surface area contributed by atoms with Crippen molar-refractivity contribution in [3.8, 4) is 5.75 Å². The molecule has 0 aliphatic carbocycles. The van der Waals surface area contributed by atoms with Gasteiger partial charge in [0, 0.05) is 26.3 Å². The number of fused-ring (bicyclic) bond motifs is 1. The zero-order chi connectivity index (χ0) is 24.9. The highest BCUT2D eigenvalue weighted by Gasteiger charge is 2.21. The minimum atomic E-state index is -0.955. The van der Waals surface area contributed by atoms with Gasteiger partial charge in [0.05, 0.1) is 12.1 Å². The number of hydrogen-bond acceptors (Lipinski definition) is 4. The van der Waals surface area contributed by atoms with Crippen LogP contribution in [0.15, 0.2) is 77.3 Å². The number of anilines is 2. The number of amides is 3. The number of ether oxygens (including phenoxy) is 1. The fourth-order valence-electron chi connectivity index (χ4n) is 3.34. The summed E-state index contributed by atoms with van der Waals surface area (Å²) in [5.41, 5.74) is 4.11. The molecule has 0 fully saturated rings. The molecular weight excluding hydrogens is 536 g/mol. The molecule has 178 valence electrons. The predicted octanol–water partition coefficient (Wildman–Crippen LogP) is 5.42. The van der Waals surface area contributed by atoms with E-state index in [0.717, 1.165) is 4.47 Å². The Morgan fingerprint density at radius 1 is 0.886 bits per heavy atom. The molecule has 0 bridgehead atoms. The predicted molar refractivity (Wildman–Crippen MR) is 140 cm³/mol. The van der Waals surface area contributed by atoms with Crippen molar-refractivity contribution in [3.05, 3.63) is 88.0 Å². The quantitative estimate of drug-likeness (QED) is 0.277. The standard InChI is InChI=1S/C25H20BrClN4O4/c1-2-35-20-10-8-19(9-11-20)29-24(33)25(34)30-31-21-12-5-17(27)13-15(21)14-22(31)23(32)28-18-6-3-16(26)4-7-18/h3-14H,2H2,1H3,(H,28,32)(H,29,33)(H,30,34). The summed E-state index contributed by atoms with van der Waals surface area (Å²) in [5.74, 6) is -1.69. The maximum absolute atomic E-state index is 13.1. The van der Waals surface area contributed by atoms with Crippen molar-refractivity contribution in [1.29, 1.82) is 0 Å². The van der Waals surface area contributed by atoms with Crippen LogP contribution in [0.1, 0.15) is 17.4 Å². The molecule has 35 heavy (non-hydrogen) atoms. The van der Waals surface area contributed by atoms with Crippen LogP contribution in [0, 0.1) is 0 Å². The van der Waals surface area contributed by atoms with Crippen LogP contribution in [0.2, 0.25) is 5.02 Å². The number of halogens is 2. The second-order valence-corrected chi connectivity index (χ2v) is 8.73. The third-order valence-electron chi connectivity index (χ3n) is 4.94. The van der Waals surface area contributed by atoms with Gasteiger partial charge in [-0.2, -0.15) is 0 Å². The number of benzene rings is 3. The van der Waals surface area contributed by atoms with Crippen LogP contribution in [-0.2, 0) is 9.59 Å². The molecule has 3 aromatic carbocycles. The van der Waals surface area contributed by atoms with Crippen molar-refractivity contribution in [1.82, 2.24) is 4.68 Å². The first-order valence-corrected chi connectivity index (χ1v) is 11.7. The van der Waals surface area contributed by atoms with Gasteiger partial charge < -0.3 is 15.4 Å². The topological polar surface area (TPSA) is 101 Å². The molecule has 0 atom stereocenters. The SMILES string of the molecule is CCOc1ccc(NC(=O)C(=O)Nn2c(C(=O)Nc3ccc(Br)cc3)cc3cc(Cl)ccc32)cc1. The molecule has 4 rings (SSSR count). The Morgan fingerprint density at radius 2 is 1.54 bits per heavy atom. The second-order valence-electron chi connectivity index (χ2n) is 7.38. The Kier molecular flexibility index (Phi) is 7.38. The summed E-state index contributed by atoms with van der Waals surface area (Å²) in [6.45, 7) is 2.38. The van der Waals surface area contributed by atoms with Gasteiger partial charge in [-0.3, -0.25) is 19.8 Å². The average molecular weight is 556 g/mol. The van der Waals surface area contributed by atoms with Gasteiger partial charge in [0.2, 0.25) is 0 Å². The molecule has 10 heteroatoms. The van der Waals surface area contributed by atoms with Crippen LogP contribution < -0.4 is 20.8 Å². The summed E-state index contributed by atoms with van der Waals surface area (Å²) in [5, 5.41) is 6.39. The van der Waals surface area contributed by atoms with E-state index in [4.69, 9.17) is 16.3 Å². The van der Waals surface area contributed by atoms with E-state index in [-0.39, 0.29) is 5.69 Å². The largest absolute Gasteiger partial charge is 0.494 e. The summed E-state index contributed by atoms with van der Waals surface area (Å²) in [4.78, 5) is 38.3. The first-order chi connectivity index (χ1) is 16.8. The van der Waals surface area contributed by atoms with Crippen molar-refractivity contribution in [2.45, 2.75) is 6.92 Å². The van der Waals surface area contributed by atoms with Crippen LogP contribution >= 0.6 is 27.5 Å². The highest BCUT2D eigenvalue weighted by Crippen LogP contribution is 2.24. The molecule has 0 spiro atoms. The minimum absolute atomic E-state index is 0.118. The number of hydrogen-bond donors (Lipinski definition) is 3. The summed E-state index contributed by atoms with van der Waals surface area (Å²) < 4.78 is 7.50. The van der Waals surface area contributed by atoms with Crippen LogP contribution in [0.25, 0.3) is 10.9 Å². The Labute approximate surface area is 214 Å². The van der Waals surface area contributed by atoms with Crippen molar-refractivity contribution in [2.75, 3.05) is 22.7 Å². The molecule has 8 nitrogen and oxygen atoms in total. The molecule has 0 saturated carbocycles. The number of carbonyl (C=O) groups excluding carboxylic acids is 3. The fraction of sp³-hybridized carbons (Fsp3) is 0.0800. The Bertz CT molecular complexity index is 1400. The van der Waals surface area contributed by atoms with E-state index >= 15 is 0 Å². The zero-order valence-corrected chi connectivity index (χ0v) is 20.8. The molecule has 4 aromatic rings. The van der Waals surface area contributed by atoms with E-state index in [9.17, 15) is 14.4 Å². The van der Waals surface area contributed by atoms with E-state index in [1.54, 1.807) is 72.8 Å². The minimum Gasteiger partial charge on any atom is -0.494 e. The van der Waals surface area contributed by atoms with E-state index in [1.807, 2.05) is 6.92 Å². The molecule has 0 radical (unpaired) electrons. The summed E-state index contributed by atoms with van der Waals surface area (Å²) in [6.07, 6.45) is 0. The van der Waals surface area contributed by atoms with Gasteiger partial charge in [-0.05, 0) is 79.7 Å². The number of nitrogens with zero attached hydrogens (tertiary/aromatic N) is 1. The fourth-order valence-corrected chi connectivity index (χ4v) is 3.79. The first-order valence-electron chi connectivity index (χ1n) is 10.6. The summed E-state index contributed by atoms with van der Waals surface area (Å²) >= 11 is 9.46. The molecular formula is C25H20BrClN4O4. The molecule has 0 aliphatic rings. The molecule has 1 heterocycles. The molecule has 0 unspecified atom stereocenters. The van der Waals surface area contributed by atoms with Crippen molar-refractivity contribution in [3.63, 3.8) is 0 Å².